The number of carbonyl (C=O) groups excluding carboxylic acids is 1. The lowest BCUT2D eigenvalue weighted by Gasteiger charge is -2.14. The molecule has 8 heteroatoms. The van der Waals surface area contributed by atoms with E-state index in [1.165, 1.54) is 13.0 Å². The number of nitrogens with one attached hydrogen (secondary N) is 1. The van der Waals surface area contributed by atoms with Crippen LogP contribution >= 0.6 is 0 Å². The number of benzene rings is 1. The maximum absolute atomic E-state index is 12.2. The van der Waals surface area contributed by atoms with E-state index in [-0.39, 0.29) is 5.69 Å². The van der Waals surface area contributed by atoms with Crippen molar-refractivity contribution in [3.05, 3.63) is 68.6 Å². The topological polar surface area (TPSA) is 118 Å². The SMILES string of the molecule is C[C@H](C(=O)Nc1cccc(C#N)c1)n1cc([N+](=O)[O-])ccc1=O. The summed E-state index contributed by atoms with van der Waals surface area (Å²) in [6, 6.07) is 9.40. The van der Waals surface area contributed by atoms with Crippen molar-refractivity contribution in [1.82, 2.24) is 4.57 Å². The fraction of sp³-hybridized carbons (Fsp3) is 0.133. The number of pyridine rings is 1. The summed E-state index contributed by atoms with van der Waals surface area (Å²) in [6.07, 6.45) is 1.03. The first kappa shape index (κ1) is 15.9. The molecule has 2 rings (SSSR count). The molecule has 1 N–H and O–H groups in total. The van der Waals surface area contributed by atoms with Crippen molar-refractivity contribution in [3.8, 4) is 6.07 Å². The van der Waals surface area contributed by atoms with E-state index in [9.17, 15) is 19.7 Å². The maximum Gasteiger partial charge on any atom is 0.285 e. The van der Waals surface area contributed by atoms with Crippen LogP contribution in [0, 0.1) is 21.4 Å². The zero-order valence-corrected chi connectivity index (χ0v) is 12.1. The van der Waals surface area contributed by atoms with E-state index in [2.05, 4.69) is 5.32 Å². The number of anilines is 1. The van der Waals surface area contributed by atoms with Gasteiger partial charge in [0.05, 0.1) is 22.8 Å². The zero-order chi connectivity index (χ0) is 17.0. The second-order valence-electron chi connectivity index (χ2n) is 4.75. The van der Waals surface area contributed by atoms with Crippen molar-refractivity contribution in [2.24, 2.45) is 0 Å². The lowest BCUT2D eigenvalue weighted by atomic mass is 10.2. The van der Waals surface area contributed by atoms with Crippen LogP contribution < -0.4 is 10.9 Å². The predicted molar refractivity (Wildman–Crippen MR) is 81.9 cm³/mol. The third kappa shape index (κ3) is 3.59. The van der Waals surface area contributed by atoms with Crippen molar-refractivity contribution in [2.45, 2.75) is 13.0 Å². The standard InChI is InChI=1S/C15H12N4O4/c1-10(18-9-13(19(22)23)5-6-14(18)20)15(21)17-12-4-2-3-11(7-12)8-16/h2-7,9-10H,1H3,(H,17,21)/t10-/m1/s1. The Morgan fingerprint density at radius 2 is 2.13 bits per heavy atom. The van der Waals surface area contributed by atoms with Crippen LogP contribution in [-0.2, 0) is 4.79 Å². The molecule has 1 amide bonds. The van der Waals surface area contributed by atoms with Crippen molar-refractivity contribution in [3.63, 3.8) is 0 Å². The lowest BCUT2D eigenvalue weighted by Crippen LogP contribution is -2.31. The molecule has 0 radical (unpaired) electrons. The van der Waals surface area contributed by atoms with Gasteiger partial charge < -0.3 is 5.32 Å². The molecule has 2 aromatic rings. The summed E-state index contributed by atoms with van der Waals surface area (Å²) in [5, 5.41) is 22.2. The minimum absolute atomic E-state index is 0.282. The van der Waals surface area contributed by atoms with E-state index in [1.807, 2.05) is 6.07 Å². The first-order valence-electron chi connectivity index (χ1n) is 6.60. The number of hydrogen-bond acceptors (Lipinski definition) is 5. The molecule has 0 saturated heterocycles. The molecule has 0 fully saturated rings. The average molecular weight is 312 g/mol. The quantitative estimate of drug-likeness (QED) is 0.682. The molecule has 116 valence electrons. The third-order valence-electron chi connectivity index (χ3n) is 3.19. The van der Waals surface area contributed by atoms with E-state index < -0.39 is 22.4 Å². The van der Waals surface area contributed by atoms with Gasteiger partial charge in [0, 0.05) is 17.8 Å². The molecule has 1 aromatic carbocycles. The van der Waals surface area contributed by atoms with E-state index in [1.54, 1.807) is 18.2 Å². The van der Waals surface area contributed by atoms with Gasteiger partial charge in [-0.3, -0.25) is 24.3 Å². The van der Waals surface area contributed by atoms with Gasteiger partial charge in [0.2, 0.25) is 5.91 Å². The number of carbonyl (C=O) groups is 1. The number of nitro groups is 1. The number of nitriles is 1. The minimum Gasteiger partial charge on any atom is -0.324 e. The van der Waals surface area contributed by atoms with Crippen molar-refractivity contribution in [2.75, 3.05) is 5.32 Å². The van der Waals surface area contributed by atoms with Gasteiger partial charge in [0.25, 0.3) is 11.2 Å². The summed E-state index contributed by atoms with van der Waals surface area (Å²) in [7, 11) is 0. The normalized spacial score (nSPS) is 11.3. The highest BCUT2D eigenvalue weighted by Gasteiger charge is 2.19. The van der Waals surface area contributed by atoms with E-state index in [0.717, 1.165) is 22.9 Å². The number of aromatic nitrogens is 1. The first-order chi connectivity index (χ1) is 10.9. The molecule has 0 bridgehead atoms. The summed E-state index contributed by atoms with van der Waals surface area (Å²) >= 11 is 0. The van der Waals surface area contributed by atoms with Crippen molar-refractivity contribution < 1.29 is 9.72 Å². The van der Waals surface area contributed by atoms with E-state index in [0.29, 0.717) is 11.3 Å². The highest BCUT2D eigenvalue weighted by Crippen LogP contribution is 2.15. The van der Waals surface area contributed by atoms with Gasteiger partial charge in [-0.05, 0) is 25.1 Å². The minimum atomic E-state index is -0.951. The zero-order valence-electron chi connectivity index (χ0n) is 12.1. The van der Waals surface area contributed by atoms with E-state index >= 15 is 0 Å². The van der Waals surface area contributed by atoms with Crippen LogP contribution in [0.4, 0.5) is 11.4 Å². The van der Waals surface area contributed by atoms with Crippen LogP contribution in [0.1, 0.15) is 18.5 Å². The van der Waals surface area contributed by atoms with Crippen LogP contribution in [0.5, 0.6) is 0 Å². The Labute approximate surface area is 130 Å². The Balaban J connectivity index is 2.26. The highest BCUT2D eigenvalue weighted by molar-refractivity contribution is 5.93. The molecule has 0 aliphatic rings. The number of hydrogen-bond donors (Lipinski definition) is 1. The Bertz CT molecular complexity index is 866. The van der Waals surface area contributed by atoms with Crippen LogP contribution in [0.25, 0.3) is 0 Å². The molecule has 0 saturated carbocycles. The fourth-order valence-electron chi connectivity index (χ4n) is 1.94. The predicted octanol–water partition coefficient (Wildman–Crippen LogP) is 1.83. The smallest absolute Gasteiger partial charge is 0.285 e. The summed E-state index contributed by atoms with van der Waals surface area (Å²) in [5.41, 5.74) is -0.0258. The number of rotatable bonds is 4. The third-order valence-corrected chi connectivity index (χ3v) is 3.19. The molecule has 1 atom stereocenters. The molecular formula is C15H12N4O4. The van der Waals surface area contributed by atoms with Gasteiger partial charge in [0.1, 0.15) is 6.04 Å². The van der Waals surface area contributed by atoms with Gasteiger partial charge in [-0.1, -0.05) is 6.07 Å². The maximum atomic E-state index is 12.2. The average Bonchev–Trinajstić information content (AvgIpc) is 2.54. The van der Waals surface area contributed by atoms with Gasteiger partial charge >= 0.3 is 0 Å². The summed E-state index contributed by atoms with van der Waals surface area (Å²) in [6.45, 7) is 1.45. The van der Waals surface area contributed by atoms with Crippen LogP contribution in [0.2, 0.25) is 0 Å². The molecule has 0 spiro atoms. The second kappa shape index (κ2) is 6.53. The molecule has 23 heavy (non-hydrogen) atoms. The van der Waals surface area contributed by atoms with Gasteiger partial charge in [-0.25, -0.2) is 0 Å². The molecular weight excluding hydrogens is 300 g/mol. The van der Waals surface area contributed by atoms with Crippen molar-refractivity contribution >= 4 is 17.3 Å². The Hall–Kier alpha value is -3.47. The number of amides is 1. The highest BCUT2D eigenvalue weighted by atomic mass is 16.6. The molecule has 8 nitrogen and oxygen atoms in total. The van der Waals surface area contributed by atoms with Crippen LogP contribution in [0.15, 0.2) is 47.4 Å². The Morgan fingerprint density at radius 3 is 2.78 bits per heavy atom. The largest absolute Gasteiger partial charge is 0.324 e. The molecule has 0 unspecified atom stereocenters. The summed E-state index contributed by atoms with van der Waals surface area (Å²) in [5.74, 6) is -0.525. The monoisotopic (exact) mass is 312 g/mol. The van der Waals surface area contributed by atoms with Crippen molar-refractivity contribution in [1.29, 1.82) is 5.26 Å². The van der Waals surface area contributed by atoms with Gasteiger partial charge in [-0.2, -0.15) is 5.26 Å². The molecule has 0 aliphatic heterocycles. The molecule has 1 aromatic heterocycles. The molecule has 1 heterocycles. The fourth-order valence-corrected chi connectivity index (χ4v) is 1.94. The number of nitrogens with zero attached hydrogens (tertiary/aromatic N) is 3. The van der Waals surface area contributed by atoms with E-state index in [4.69, 9.17) is 5.26 Å². The Kier molecular flexibility index (Phi) is 4.52. The summed E-state index contributed by atoms with van der Waals surface area (Å²) < 4.78 is 0.988. The van der Waals surface area contributed by atoms with Gasteiger partial charge in [-0.15, -0.1) is 0 Å². The summed E-state index contributed by atoms with van der Waals surface area (Å²) in [4.78, 5) is 34.2. The van der Waals surface area contributed by atoms with Crippen LogP contribution in [0.3, 0.4) is 0 Å². The molecule has 0 aliphatic carbocycles. The Morgan fingerprint density at radius 1 is 1.39 bits per heavy atom. The lowest BCUT2D eigenvalue weighted by molar-refractivity contribution is -0.385. The second-order valence-corrected chi connectivity index (χ2v) is 4.75. The first-order valence-corrected chi connectivity index (χ1v) is 6.60. The van der Waals surface area contributed by atoms with Gasteiger partial charge in [0.15, 0.2) is 0 Å². The van der Waals surface area contributed by atoms with Crippen LogP contribution in [-0.4, -0.2) is 15.4 Å².